The third-order valence-electron chi connectivity index (χ3n) is 2.96. The minimum Gasteiger partial charge on any atom is -0.408 e. The van der Waals surface area contributed by atoms with Crippen LogP contribution in [0.1, 0.15) is 29.8 Å². The smallest absolute Gasteiger partial charge is 0.309 e. The Morgan fingerprint density at radius 2 is 1.90 bits per heavy atom. The van der Waals surface area contributed by atoms with Crippen molar-refractivity contribution >= 4 is 28.9 Å². The number of ether oxygens (including phenoxy) is 1. The van der Waals surface area contributed by atoms with Crippen LogP contribution in [0.4, 0.5) is 5.69 Å². The summed E-state index contributed by atoms with van der Waals surface area (Å²) in [5.41, 5.74) is 3.06. The average Bonchev–Trinajstić information content (AvgIpc) is 2.76. The first-order valence-electron chi connectivity index (χ1n) is 6.40. The van der Waals surface area contributed by atoms with Gasteiger partial charge in [0, 0.05) is 13.8 Å². The van der Waals surface area contributed by atoms with Gasteiger partial charge < -0.3 is 4.74 Å². The minimum atomic E-state index is -0.472. The average molecular weight is 304 g/mol. The number of aromatic nitrogens is 1. The van der Waals surface area contributed by atoms with E-state index in [0.717, 1.165) is 11.3 Å². The zero-order valence-corrected chi connectivity index (χ0v) is 13.2. The van der Waals surface area contributed by atoms with Gasteiger partial charge in [0.25, 0.3) is 0 Å². The highest BCUT2D eigenvalue weighted by Crippen LogP contribution is 2.18. The molecule has 5 nitrogen and oxygen atoms in total. The number of carbonyl (C=O) groups is 2. The normalized spacial score (nSPS) is 11.5. The molecule has 1 heterocycles. The molecule has 21 heavy (non-hydrogen) atoms. The molecule has 6 heteroatoms. The number of hydrogen-bond donors (Lipinski definition) is 0. The van der Waals surface area contributed by atoms with Crippen molar-refractivity contribution in [3.63, 3.8) is 0 Å². The predicted molar refractivity (Wildman–Crippen MR) is 81.1 cm³/mol. The fraction of sp³-hybridized carbons (Fsp3) is 0.267. The number of benzene rings is 1. The molecule has 2 aromatic rings. The molecule has 0 radical (unpaired) electrons. The molecule has 0 aliphatic carbocycles. The summed E-state index contributed by atoms with van der Waals surface area (Å²) in [4.78, 5) is 27.8. The lowest BCUT2D eigenvalue weighted by atomic mass is 10.1. The van der Waals surface area contributed by atoms with Gasteiger partial charge in [0.05, 0.1) is 11.1 Å². The van der Waals surface area contributed by atoms with Gasteiger partial charge in [0.2, 0.25) is 11.8 Å². The Kier molecular flexibility index (Phi) is 4.37. The van der Waals surface area contributed by atoms with Gasteiger partial charge in [-0.15, -0.1) is 11.3 Å². The predicted octanol–water partition coefficient (Wildman–Crippen LogP) is 2.98. The van der Waals surface area contributed by atoms with Gasteiger partial charge in [0.15, 0.2) is 4.80 Å². The standard InChI is InChI=1S/C15H16N2O3S/c1-9-5-6-13(7-10(9)2)16-15-17(11(3)18)14(8-21-15)20-12(4)19/h5-8H,1-4H3. The Balaban J connectivity index is 2.54. The van der Waals surface area contributed by atoms with Gasteiger partial charge in [-0.05, 0) is 37.1 Å². The number of thiazole rings is 1. The Morgan fingerprint density at radius 3 is 2.48 bits per heavy atom. The summed E-state index contributed by atoms with van der Waals surface area (Å²) in [5.74, 6) is -0.529. The van der Waals surface area contributed by atoms with Gasteiger partial charge in [-0.2, -0.15) is 0 Å². The van der Waals surface area contributed by atoms with Gasteiger partial charge in [-0.1, -0.05) is 6.07 Å². The quantitative estimate of drug-likeness (QED) is 0.801. The molecule has 0 saturated heterocycles. The van der Waals surface area contributed by atoms with Crippen LogP contribution >= 0.6 is 11.3 Å². The first-order valence-corrected chi connectivity index (χ1v) is 7.28. The molecule has 0 bridgehead atoms. The molecule has 2 rings (SSSR count). The van der Waals surface area contributed by atoms with E-state index in [2.05, 4.69) is 4.99 Å². The molecule has 0 saturated carbocycles. The van der Waals surface area contributed by atoms with E-state index in [1.807, 2.05) is 32.0 Å². The van der Waals surface area contributed by atoms with Crippen LogP contribution in [-0.4, -0.2) is 16.4 Å². The summed E-state index contributed by atoms with van der Waals surface area (Å²) in [5, 5.41) is 1.60. The Labute approximate surface area is 126 Å². The van der Waals surface area contributed by atoms with E-state index in [0.29, 0.717) is 4.80 Å². The third-order valence-corrected chi connectivity index (χ3v) is 3.76. The minimum absolute atomic E-state index is 0.197. The first-order chi connectivity index (χ1) is 9.88. The molecule has 1 aromatic heterocycles. The maximum Gasteiger partial charge on any atom is 0.309 e. The van der Waals surface area contributed by atoms with Crippen molar-refractivity contribution in [3.05, 3.63) is 39.5 Å². The molecule has 0 amide bonds. The first kappa shape index (κ1) is 15.2. The van der Waals surface area contributed by atoms with Crippen molar-refractivity contribution in [2.75, 3.05) is 0 Å². The van der Waals surface area contributed by atoms with Crippen molar-refractivity contribution in [2.24, 2.45) is 4.99 Å². The van der Waals surface area contributed by atoms with Gasteiger partial charge in [-0.3, -0.25) is 9.59 Å². The highest BCUT2D eigenvalue weighted by atomic mass is 32.1. The lowest BCUT2D eigenvalue weighted by Crippen LogP contribution is -2.22. The molecule has 0 aliphatic heterocycles. The van der Waals surface area contributed by atoms with E-state index in [1.54, 1.807) is 5.38 Å². The summed E-state index contributed by atoms with van der Waals surface area (Å²) in [7, 11) is 0. The highest BCUT2D eigenvalue weighted by Gasteiger charge is 2.12. The maximum absolute atomic E-state index is 11.8. The molecule has 0 N–H and O–H groups in total. The van der Waals surface area contributed by atoms with E-state index in [-0.39, 0.29) is 11.8 Å². The van der Waals surface area contributed by atoms with Crippen LogP contribution in [0.5, 0.6) is 5.88 Å². The maximum atomic E-state index is 11.8. The van der Waals surface area contributed by atoms with Crippen molar-refractivity contribution < 1.29 is 14.3 Å². The summed E-state index contributed by atoms with van der Waals surface area (Å²) in [6.07, 6.45) is 0. The molecule has 0 atom stereocenters. The lowest BCUT2D eigenvalue weighted by molar-refractivity contribution is -0.132. The number of esters is 1. The molecule has 110 valence electrons. The van der Waals surface area contributed by atoms with Crippen LogP contribution in [-0.2, 0) is 4.79 Å². The number of nitrogens with zero attached hydrogens (tertiary/aromatic N) is 2. The second-order valence-corrected chi connectivity index (χ2v) is 5.52. The molecular formula is C15H16N2O3S. The summed E-state index contributed by atoms with van der Waals surface area (Å²) in [6, 6.07) is 5.82. The monoisotopic (exact) mass is 304 g/mol. The van der Waals surface area contributed by atoms with Crippen LogP contribution in [0.25, 0.3) is 0 Å². The summed E-state index contributed by atoms with van der Waals surface area (Å²) < 4.78 is 6.31. The molecule has 0 aliphatic rings. The van der Waals surface area contributed by atoms with Crippen molar-refractivity contribution in [1.29, 1.82) is 0 Å². The van der Waals surface area contributed by atoms with Crippen LogP contribution in [0.15, 0.2) is 28.6 Å². The van der Waals surface area contributed by atoms with E-state index >= 15 is 0 Å². The zero-order chi connectivity index (χ0) is 15.6. The Bertz CT molecular complexity index is 771. The number of rotatable bonds is 2. The van der Waals surface area contributed by atoms with Crippen LogP contribution in [0.2, 0.25) is 0 Å². The molecular weight excluding hydrogens is 288 g/mol. The molecule has 0 fully saturated rings. The summed E-state index contributed by atoms with van der Waals surface area (Å²) >= 11 is 1.25. The second kappa shape index (κ2) is 6.05. The molecule has 0 unspecified atom stereocenters. The van der Waals surface area contributed by atoms with Crippen molar-refractivity contribution in [1.82, 2.24) is 4.57 Å². The third kappa shape index (κ3) is 3.46. The fourth-order valence-corrected chi connectivity index (χ4v) is 2.63. The number of hydrogen-bond acceptors (Lipinski definition) is 5. The lowest BCUT2D eigenvalue weighted by Gasteiger charge is -2.04. The number of carbonyl (C=O) groups excluding carboxylic acids is 2. The topological polar surface area (TPSA) is 60.7 Å². The summed E-state index contributed by atoms with van der Waals surface area (Å²) in [6.45, 7) is 6.73. The van der Waals surface area contributed by atoms with Crippen LogP contribution < -0.4 is 9.54 Å². The van der Waals surface area contributed by atoms with Crippen LogP contribution in [0, 0.1) is 13.8 Å². The SMILES string of the molecule is CC(=O)Oc1csc(=Nc2ccc(C)c(C)c2)n1C(C)=O. The van der Waals surface area contributed by atoms with Gasteiger partial charge in [-0.25, -0.2) is 9.56 Å². The Morgan fingerprint density at radius 1 is 1.19 bits per heavy atom. The number of aryl methyl sites for hydroxylation is 2. The fourth-order valence-electron chi connectivity index (χ4n) is 1.79. The van der Waals surface area contributed by atoms with E-state index < -0.39 is 5.97 Å². The van der Waals surface area contributed by atoms with Crippen LogP contribution in [0.3, 0.4) is 0 Å². The molecule has 0 spiro atoms. The van der Waals surface area contributed by atoms with Crippen molar-refractivity contribution in [3.8, 4) is 5.88 Å². The highest BCUT2D eigenvalue weighted by molar-refractivity contribution is 7.07. The van der Waals surface area contributed by atoms with E-state index in [1.165, 1.54) is 35.3 Å². The largest absolute Gasteiger partial charge is 0.408 e. The van der Waals surface area contributed by atoms with E-state index in [4.69, 9.17) is 4.74 Å². The Hall–Kier alpha value is -2.21. The molecule has 1 aromatic carbocycles. The van der Waals surface area contributed by atoms with Gasteiger partial charge >= 0.3 is 5.97 Å². The van der Waals surface area contributed by atoms with Crippen molar-refractivity contribution in [2.45, 2.75) is 27.7 Å². The van der Waals surface area contributed by atoms with Gasteiger partial charge in [0.1, 0.15) is 0 Å². The zero-order valence-electron chi connectivity index (χ0n) is 12.3. The second-order valence-electron chi connectivity index (χ2n) is 4.68. The van der Waals surface area contributed by atoms with E-state index in [9.17, 15) is 9.59 Å².